The van der Waals surface area contributed by atoms with Crippen molar-refractivity contribution in [3.8, 4) is 0 Å². The molecule has 1 rings (SSSR count). The summed E-state index contributed by atoms with van der Waals surface area (Å²) in [6, 6.07) is 8.31. The van der Waals surface area contributed by atoms with Gasteiger partial charge in [0.15, 0.2) is 0 Å². The molecule has 0 amide bonds. The number of benzene rings is 1. The number of hydrogen-bond donors (Lipinski definition) is 0. The Kier molecular flexibility index (Phi) is 4.60. The summed E-state index contributed by atoms with van der Waals surface area (Å²) in [4.78, 5) is 2.61. The second-order valence-corrected chi connectivity index (χ2v) is 2.99. The number of methoxy groups -OCH3 is 1. The quantitative estimate of drug-likeness (QED) is 0.417. The lowest BCUT2D eigenvalue weighted by molar-refractivity contribution is 0.0722. The largest absolute Gasteiger partial charge is 0.376 e. The first-order chi connectivity index (χ1) is 7.33. The first-order valence-corrected chi connectivity index (χ1v) is 4.51. The van der Waals surface area contributed by atoms with E-state index in [1.165, 1.54) is 7.11 Å². The van der Waals surface area contributed by atoms with Gasteiger partial charge in [0.25, 0.3) is 0 Å². The van der Waals surface area contributed by atoms with Crippen LogP contribution in [0.15, 0.2) is 35.4 Å². The smallest absolute Gasteiger partial charge is 0.101 e. The minimum atomic E-state index is -0.817. The highest BCUT2D eigenvalue weighted by molar-refractivity contribution is 5.19. The molecular weight excluding hydrogens is 197 g/mol. The molecule has 15 heavy (non-hydrogen) atoms. The van der Waals surface area contributed by atoms with Crippen LogP contribution in [0.25, 0.3) is 10.4 Å². The normalized spacial score (nSPS) is 14.0. The Bertz CT molecular complexity index is 338. The van der Waals surface area contributed by atoms with Gasteiger partial charge < -0.3 is 4.74 Å². The molecule has 80 valence electrons. The van der Waals surface area contributed by atoms with E-state index < -0.39 is 18.8 Å². The summed E-state index contributed by atoms with van der Waals surface area (Å²) < 4.78 is 17.8. The van der Waals surface area contributed by atoms with E-state index in [-0.39, 0.29) is 0 Å². The van der Waals surface area contributed by atoms with Crippen molar-refractivity contribution in [1.82, 2.24) is 0 Å². The van der Waals surface area contributed by atoms with E-state index in [1.807, 2.05) is 30.3 Å². The van der Waals surface area contributed by atoms with Crippen molar-refractivity contribution in [2.75, 3.05) is 13.8 Å². The summed E-state index contributed by atoms with van der Waals surface area (Å²) in [6.07, 6.45) is -0.535. The highest BCUT2D eigenvalue weighted by atomic mass is 19.1. The number of nitrogens with zero attached hydrogens (tertiary/aromatic N) is 3. The van der Waals surface area contributed by atoms with Gasteiger partial charge in [-0.2, -0.15) is 0 Å². The summed E-state index contributed by atoms with van der Waals surface area (Å²) in [5.41, 5.74) is 9.10. The Hall–Kier alpha value is -1.58. The van der Waals surface area contributed by atoms with E-state index in [4.69, 9.17) is 10.3 Å². The van der Waals surface area contributed by atoms with E-state index in [1.54, 1.807) is 0 Å². The predicted octanol–water partition coefficient (Wildman–Crippen LogP) is 3.02. The van der Waals surface area contributed by atoms with E-state index >= 15 is 0 Å². The molecule has 5 heteroatoms. The second kappa shape index (κ2) is 6.01. The van der Waals surface area contributed by atoms with Crippen LogP contribution in [0, 0.1) is 0 Å². The zero-order chi connectivity index (χ0) is 11.1. The van der Waals surface area contributed by atoms with E-state index in [0.29, 0.717) is 0 Å². The van der Waals surface area contributed by atoms with Crippen molar-refractivity contribution >= 4 is 0 Å². The number of rotatable bonds is 5. The molecule has 1 aromatic carbocycles. The van der Waals surface area contributed by atoms with Crippen LogP contribution in [0.2, 0.25) is 0 Å². The van der Waals surface area contributed by atoms with Gasteiger partial charge in [-0.3, -0.25) is 4.39 Å². The predicted molar refractivity (Wildman–Crippen MR) is 55.1 cm³/mol. The molecule has 0 saturated heterocycles. The topological polar surface area (TPSA) is 58.0 Å². The fraction of sp³-hybridized carbons (Fsp3) is 0.400. The number of halogens is 1. The van der Waals surface area contributed by atoms with Crippen molar-refractivity contribution in [2.45, 2.75) is 12.1 Å². The monoisotopic (exact) mass is 209 g/mol. The Morgan fingerprint density at radius 1 is 1.47 bits per heavy atom. The fourth-order valence-corrected chi connectivity index (χ4v) is 1.40. The highest BCUT2D eigenvalue weighted by Gasteiger charge is 2.21. The van der Waals surface area contributed by atoms with Gasteiger partial charge in [0.05, 0.1) is 12.1 Å². The Morgan fingerprint density at radius 3 is 2.60 bits per heavy atom. The maximum absolute atomic E-state index is 12.6. The molecule has 4 nitrogen and oxygen atoms in total. The molecule has 0 heterocycles. The van der Waals surface area contributed by atoms with Crippen LogP contribution < -0.4 is 0 Å². The van der Waals surface area contributed by atoms with Gasteiger partial charge in [-0.05, 0) is 11.1 Å². The van der Waals surface area contributed by atoms with Crippen LogP contribution in [-0.4, -0.2) is 19.8 Å². The summed E-state index contributed by atoms with van der Waals surface area (Å²) >= 11 is 0. The Balaban J connectivity index is 2.92. The number of ether oxygens (including phenoxy) is 1. The molecule has 0 aliphatic carbocycles. The van der Waals surface area contributed by atoms with Gasteiger partial charge in [-0.15, -0.1) is 0 Å². The fourth-order valence-electron chi connectivity index (χ4n) is 1.40. The standard InChI is InChI=1S/C10H12FN3O/c1-15-10(9(7-11)13-14-12)8-5-3-2-4-6-8/h2-6,9-10H,7H2,1H3/t9-,10-/m1/s1. The van der Waals surface area contributed by atoms with Crippen LogP contribution in [0.3, 0.4) is 0 Å². The molecule has 0 bridgehead atoms. The summed E-state index contributed by atoms with van der Waals surface area (Å²) in [6.45, 7) is -0.739. The van der Waals surface area contributed by atoms with E-state index in [0.717, 1.165) is 5.56 Å². The van der Waals surface area contributed by atoms with Gasteiger partial charge in [-0.25, -0.2) is 0 Å². The molecule has 0 N–H and O–H groups in total. The van der Waals surface area contributed by atoms with E-state index in [9.17, 15) is 4.39 Å². The second-order valence-electron chi connectivity index (χ2n) is 2.99. The molecule has 0 unspecified atom stereocenters. The van der Waals surface area contributed by atoms with Crippen molar-refractivity contribution < 1.29 is 9.13 Å². The van der Waals surface area contributed by atoms with Gasteiger partial charge in [-0.1, -0.05) is 35.4 Å². The van der Waals surface area contributed by atoms with Crippen molar-refractivity contribution in [2.24, 2.45) is 5.11 Å². The van der Waals surface area contributed by atoms with Crippen LogP contribution in [0.5, 0.6) is 0 Å². The zero-order valence-electron chi connectivity index (χ0n) is 8.38. The van der Waals surface area contributed by atoms with Gasteiger partial charge in [0.2, 0.25) is 0 Å². The lowest BCUT2D eigenvalue weighted by atomic mass is 10.0. The summed E-state index contributed by atoms with van der Waals surface area (Å²) in [5, 5.41) is 3.37. The van der Waals surface area contributed by atoms with E-state index in [2.05, 4.69) is 10.0 Å². The zero-order valence-corrected chi connectivity index (χ0v) is 8.38. The van der Waals surface area contributed by atoms with Crippen LogP contribution in [-0.2, 0) is 4.74 Å². The van der Waals surface area contributed by atoms with Crippen molar-refractivity contribution in [1.29, 1.82) is 0 Å². The third kappa shape index (κ3) is 2.94. The Labute approximate surface area is 87.3 Å². The molecule has 0 spiro atoms. The Morgan fingerprint density at radius 2 is 2.13 bits per heavy atom. The first-order valence-electron chi connectivity index (χ1n) is 4.51. The molecule has 0 aliphatic rings. The highest BCUT2D eigenvalue weighted by Crippen LogP contribution is 2.23. The molecule has 0 fully saturated rings. The molecule has 2 atom stereocenters. The average molecular weight is 209 g/mol. The van der Waals surface area contributed by atoms with Gasteiger partial charge in [0, 0.05) is 12.0 Å². The molecule has 0 aromatic heterocycles. The minimum Gasteiger partial charge on any atom is -0.376 e. The number of alkyl halides is 1. The minimum absolute atomic E-state index is 0.535. The molecule has 0 saturated carbocycles. The lowest BCUT2D eigenvalue weighted by Crippen LogP contribution is -2.20. The molecule has 0 aliphatic heterocycles. The molecule has 1 aromatic rings. The van der Waals surface area contributed by atoms with Gasteiger partial charge in [0.1, 0.15) is 6.67 Å². The van der Waals surface area contributed by atoms with Crippen LogP contribution in [0.4, 0.5) is 4.39 Å². The first kappa shape index (κ1) is 11.5. The SMILES string of the molecule is CO[C@H](c1ccccc1)[C@@H](CF)N=[N+]=[N-]. The number of azide groups is 1. The van der Waals surface area contributed by atoms with Gasteiger partial charge >= 0.3 is 0 Å². The third-order valence-corrected chi connectivity index (χ3v) is 2.09. The van der Waals surface area contributed by atoms with Crippen molar-refractivity contribution in [3.05, 3.63) is 46.3 Å². The lowest BCUT2D eigenvalue weighted by Gasteiger charge is -2.19. The molecule has 0 radical (unpaired) electrons. The summed E-state index contributed by atoms with van der Waals surface area (Å²) in [7, 11) is 1.47. The maximum atomic E-state index is 12.6. The average Bonchev–Trinajstić information content (AvgIpc) is 2.30. The van der Waals surface area contributed by atoms with Crippen molar-refractivity contribution in [3.63, 3.8) is 0 Å². The summed E-state index contributed by atoms with van der Waals surface area (Å²) in [5.74, 6) is 0. The van der Waals surface area contributed by atoms with Crippen LogP contribution in [0.1, 0.15) is 11.7 Å². The maximum Gasteiger partial charge on any atom is 0.101 e. The molecular formula is C10H12FN3O. The number of hydrogen-bond acceptors (Lipinski definition) is 2. The van der Waals surface area contributed by atoms with Crippen LogP contribution >= 0.6 is 0 Å². The third-order valence-electron chi connectivity index (χ3n) is 2.09.